The van der Waals surface area contributed by atoms with Crippen molar-refractivity contribution in [1.82, 2.24) is 25.4 Å². The van der Waals surface area contributed by atoms with E-state index < -0.39 is 6.10 Å². The van der Waals surface area contributed by atoms with Crippen molar-refractivity contribution < 1.29 is 9.84 Å². The fourth-order valence-corrected chi connectivity index (χ4v) is 2.07. The molecule has 3 N–H and O–H groups in total. The summed E-state index contributed by atoms with van der Waals surface area (Å²) >= 11 is 0. The predicted octanol–water partition coefficient (Wildman–Crippen LogP) is 0.429. The average Bonchev–Trinajstić information content (AvgIpc) is 2.99. The molecule has 8 nitrogen and oxygen atoms in total. The summed E-state index contributed by atoms with van der Waals surface area (Å²) in [5, 5.41) is 24.3. The summed E-state index contributed by atoms with van der Waals surface area (Å²) in [6.45, 7) is 11.7. The van der Waals surface area contributed by atoms with Crippen molar-refractivity contribution in [3.8, 4) is 0 Å². The fourth-order valence-electron chi connectivity index (χ4n) is 2.07. The Labute approximate surface area is 144 Å². The van der Waals surface area contributed by atoms with Crippen LogP contribution in [0.25, 0.3) is 0 Å². The Hall–Kier alpha value is -1.67. The van der Waals surface area contributed by atoms with Crippen molar-refractivity contribution in [1.29, 1.82) is 0 Å². The number of hydrogen-bond acceptors (Lipinski definition) is 5. The standard InChI is InChI=1S/C16H32N6O2/c1-5-15-21-20-12-22(15)8-7-18-16(17-6-2)19-9-14(23)11-24-10-13(3)4/h12-14,23H,5-11H2,1-4H3,(H2,17,18,19). The zero-order valence-corrected chi connectivity index (χ0v) is 15.3. The van der Waals surface area contributed by atoms with Crippen LogP contribution in [0.2, 0.25) is 0 Å². The van der Waals surface area contributed by atoms with E-state index in [1.54, 1.807) is 6.33 Å². The SMILES string of the molecule is CCNC(=NCC(O)COCC(C)C)NCCn1cnnc1CC. The van der Waals surface area contributed by atoms with Crippen LogP contribution in [0.1, 0.15) is 33.5 Å². The molecule has 0 aliphatic heterocycles. The third kappa shape index (κ3) is 8.26. The van der Waals surface area contributed by atoms with E-state index in [9.17, 15) is 5.11 Å². The summed E-state index contributed by atoms with van der Waals surface area (Å²) in [5.74, 6) is 2.12. The molecule has 0 aliphatic carbocycles. The third-order valence-electron chi connectivity index (χ3n) is 3.22. The Balaban J connectivity index is 2.36. The molecule has 0 saturated heterocycles. The molecule has 0 amide bonds. The molecule has 0 aliphatic rings. The molecule has 0 bridgehead atoms. The van der Waals surface area contributed by atoms with E-state index in [2.05, 4.69) is 46.6 Å². The van der Waals surface area contributed by atoms with Gasteiger partial charge in [0.05, 0.1) is 19.3 Å². The molecule has 24 heavy (non-hydrogen) atoms. The normalized spacial score (nSPS) is 13.3. The van der Waals surface area contributed by atoms with Gasteiger partial charge in [0.25, 0.3) is 0 Å². The molecule has 1 unspecified atom stereocenters. The number of aryl methyl sites for hydroxylation is 1. The lowest BCUT2D eigenvalue weighted by molar-refractivity contribution is 0.0301. The molecular weight excluding hydrogens is 308 g/mol. The van der Waals surface area contributed by atoms with Crippen molar-refractivity contribution >= 4 is 5.96 Å². The van der Waals surface area contributed by atoms with Crippen molar-refractivity contribution in [2.45, 2.75) is 46.8 Å². The highest BCUT2D eigenvalue weighted by Crippen LogP contribution is 1.96. The zero-order chi connectivity index (χ0) is 17.8. The van der Waals surface area contributed by atoms with Crippen LogP contribution in [-0.2, 0) is 17.7 Å². The first-order valence-electron chi connectivity index (χ1n) is 8.71. The van der Waals surface area contributed by atoms with Crippen LogP contribution in [0, 0.1) is 5.92 Å². The van der Waals surface area contributed by atoms with Gasteiger partial charge >= 0.3 is 0 Å². The van der Waals surface area contributed by atoms with E-state index in [1.165, 1.54) is 0 Å². The van der Waals surface area contributed by atoms with Crippen molar-refractivity contribution in [2.75, 3.05) is 32.8 Å². The van der Waals surface area contributed by atoms with Crippen LogP contribution >= 0.6 is 0 Å². The molecule has 8 heteroatoms. The van der Waals surface area contributed by atoms with Gasteiger partial charge in [0, 0.05) is 32.7 Å². The molecule has 0 spiro atoms. The number of aromatic nitrogens is 3. The van der Waals surface area contributed by atoms with E-state index in [-0.39, 0.29) is 0 Å². The van der Waals surface area contributed by atoms with Crippen molar-refractivity contribution in [2.24, 2.45) is 10.9 Å². The molecule has 0 fully saturated rings. The predicted molar refractivity (Wildman–Crippen MR) is 95.0 cm³/mol. The fraction of sp³-hybridized carbons (Fsp3) is 0.812. The van der Waals surface area contributed by atoms with E-state index >= 15 is 0 Å². The van der Waals surface area contributed by atoms with Gasteiger partial charge < -0.3 is 25.0 Å². The molecule has 1 atom stereocenters. The lowest BCUT2D eigenvalue weighted by atomic mass is 10.2. The van der Waals surface area contributed by atoms with Crippen LogP contribution in [0.15, 0.2) is 11.3 Å². The highest BCUT2D eigenvalue weighted by Gasteiger charge is 2.06. The van der Waals surface area contributed by atoms with Gasteiger partial charge in [-0.15, -0.1) is 10.2 Å². The number of aliphatic imine (C=N–C) groups is 1. The minimum Gasteiger partial charge on any atom is -0.389 e. The topological polar surface area (TPSA) is 96.6 Å². The van der Waals surface area contributed by atoms with Crippen molar-refractivity contribution in [3.05, 3.63) is 12.2 Å². The number of hydrogen-bond donors (Lipinski definition) is 3. The van der Waals surface area contributed by atoms with Crippen LogP contribution in [0.4, 0.5) is 0 Å². The molecule has 1 aromatic rings. The number of nitrogens with one attached hydrogen (secondary N) is 2. The van der Waals surface area contributed by atoms with E-state index in [0.29, 0.717) is 38.2 Å². The Morgan fingerprint density at radius 1 is 1.33 bits per heavy atom. The molecule has 1 heterocycles. The van der Waals surface area contributed by atoms with Gasteiger partial charge in [-0.3, -0.25) is 4.99 Å². The van der Waals surface area contributed by atoms with Gasteiger partial charge in [-0.05, 0) is 12.8 Å². The largest absolute Gasteiger partial charge is 0.389 e. The first-order valence-corrected chi connectivity index (χ1v) is 8.71. The van der Waals surface area contributed by atoms with Gasteiger partial charge in [0.1, 0.15) is 12.2 Å². The number of ether oxygens (including phenoxy) is 1. The quantitative estimate of drug-likeness (QED) is 0.399. The number of aliphatic hydroxyl groups is 1. The Bertz CT molecular complexity index is 475. The lowest BCUT2D eigenvalue weighted by Gasteiger charge is -2.14. The minimum atomic E-state index is -0.594. The van der Waals surface area contributed by atoms with Crippen LogP contribution in [0.5, 0.6) is 0 Å². The van der Waals surface area contributed by atoms with E-state index in [4.69, 9.17) is 4.74 Å². The van der Waals surface area contributed by atoms with Crippen LogP contribution in [0.3, 0.4) is 0 Å². The first-order chi connectivity index (χ1) is 11.6. The summed E-state index contributed by atoms with van der Waals surface area (Å²) in [6.07, 6.45) is 2.00. The van der Waals surface area contributed by atoms with Gasteiger partial charge in [0.2, 0.25) is 0 Å². The number of guanidine groups is 1. The molecule has 1 aromatic heterocycles. The van der Waals surface area contributed by atoms with Gasteiger partial charge in [-0.2, -0.15) is 0 Å². The number of aliphatic hydroxyl groups excluding tert-OH is 1. The van der Waals surface area contributed by atoms with Gasteiger partial charge in [0.15, 0.2) is 5.96 Å². The molecule has 0 aromatic carbocycles. The highest BCUT2D eigenvalue weighted by molar-refractivity contribution is 5.79. The maximum Gasteiger partial charge on any atom is 0.191 e. The third-order valence-corrected chi connectivity index (χ3v) is 3.22. The summed E-state index contributed by atoms with van der Waals surface area (Å²) < 4.78 is 7.45. The van der Waals surface area contributed by atoms with Gasteiger partial charge in [-0.25, -0.2) is 0 Å². The summed E-state index contributed by atoms with van der Waals surface area (Å²) in [6, 6.07) is 0. The Kier molecular flexibility index (Phi) is 10.0. The molecular formula is C16H32N6O2. The number of nitrogens with zero attached hydrogens (tertiary/aromatic N) is 4. The Morgan fingerprint density at radius 3 is 2.79 bits per heavy atom. The monoisotopic (exact) mass is 340 g/mol. The minimum absolute atomic E-state index is 0.306. The van der Waals surface area contributed by atoms with Crippen molar-refractivity contribution in [3.63, 3.8) is 0 Å². The second kappa shape index (κ2) is 11.8. The number of rotatable bonds is 11. The smallest absolute Gasteiger partial charge is 0.191 e. The molecule has 1 rings (SSSR count). The summed E-state index contributed by atoms with van der Waals surface area (Å²) in [7, 11) is 0. The average molecular weight is 340 g/mol. The highest BCUT2D eigenvalue weighted by atomic mass is 16.5. The Morgan fingerprint density at radius 2 is 2.12 bits per heavy atom. The zero-order valence-electron chi connectivity index (χ0n) is 15.3. The maximum absolute atomic E-state index is 9.91. The summed E-state index contributed by atoms with van der Waals surface area (Å²) in [5.41, 5.74) is 0. The second-order valence-corrected chi connectivity index (χ2v) is 6.03. The van der Waals surface area contributed by atoms with E-state index in [0.717, 1.165) is 25.3 Å². The molecule has 0 saturated carbocycles. The molecule has 138 valence electrons. The first kappa shape index (κ1) is 20.4. The van der Waals surface area contributed by atoms with Crippen LogP contribution in [-0.4, -0.2) is 64.8 Å². The van der Waals surface area contributed by atoms with Gasteiger partial charge in [-0.1, -0.05) is 20.8 Å². The molecule has 0 radical (unpaired) electrons. The second-order valence-electron chi connectivity index (χ2n) is 6.03. The lowest BCUT2D eigenvalue weighted by Crippen LogP contribution is -2.39. The summed E-state index contributed by atoms with van der Waals surface area (Å²) in [4.78, 5) is 4.40. The van der Waals surface area contributed by atoms with Crippen LogP contribution < -0.4 is 10.6 Å². The maximum atomic E-state index is 9.91. The van der Waals surface area contributed by atoms with E-state index in [1.807, 2.05) is 11.5 Å².